The third-order valence-electron chi connectivity index (χ3n) is 4.72. The summed E-state index contributed by atoms with van der Waals surface area (Å²) in [7, 11) is 0. The molecule has 0 radical (unpaired) electrons. The zero-order chi connectivity index (χ0) is 21.3. The molecule has 2 aliphatic rings. The molecule has 9 heteroatoms. The lowest BCUT2D eigenvalue weighted by molar-refractivity contribution is 0.0240. The number of rotatable bonds is 3. The van der Waals surface area contributed by atoms with Gasteiger partial charge in [-0.2, -0.15) is 0 Å². The topological polar surface area (TPSA) is 94.1 Å². The molecular weight excluding hydrogens is 388 g/mol. The van der Waals surface area contributed by atoms with Crippen LogP contribution in [0.4, 0.5) is 10.7 Å². The second kappa shape index (κ2) is 7.81. The monoisotopic (exact) mass is 412 g/mol. The molecule has 0 N–H and O–H groups in total. The standard InChI is InChI=1S/C21H24N4O5/c1-21(2,3)30-20(27)25-8-6-24(7-9-25)19-22-11-16(12-23-19)29-15-4-5-17-14(10-15)13-28-18(17)26/h4-5,10-12H,6-9,13H2,1-3H3. The van der Waals surface area contributed by atoms with Crippen LogP contribution < -0.4 is 9.64 Å². The van der Waals surface area contributed by atoms with E-state index in [2.05, 4.69) is 9.97 Å². The van der Waals surface area contributed by atoms with Gasteiger partial charge in [-0.3, -0.25) is 0 Å². The molecular formula is C21H24N4O5. The van der Waals surface area contributed by atoms with Gasteiger partial charge < -0.3 is 24.0 Å². The Hall–Kier alpha value is -3.36. The van der Waals surface area contributed by atoms with E-state index in [-0.39, 0.29) is 18.7 Å². The lowest BCUT2D eigenvalue weighted by atomic mass is 10.1. The Morgan fingerprint density at radius 3 is 2.43 bits per heavy atom. The molecule has 1 aromatic carbocycles. The molecule has 30 heavy (non-hydrogen) atoms. The molecule has 1 amide bonds. The molecule has 4 rings (SSSR count). The number of amides is 1. The van der Waals surface area contributed by atoms with Gasteiger partial charge in [-0.1, -0.05) is 0 Å². The van der Waals surface area contributed by atoms with Crippen molar-refractivity contribution in [2.45, 2.75) is 33.0 Å². The summed E-state index contributed by atoms with van der Waals surface area (Å²) in [6, 6.07) is 5.19. The van der Waals surface area contributed by atoms with Crippen molar-refractivity contribution < 1.29 is 23.8 Å². The van der Waals surface area contributed by atoms with Crippen LogP contribution >= 0.6 is 0 Å². The fourth-order valence-corrected chi connectivity index (χ4v) is 3.25. The van der Waals surface area contributed by atoms with Crippen LogP contribution in [-0.2, 0) is 16.1 Å². The summed E-state index contributed by atoms with van der Waals surface area (Å²) in [5.41, 5.74) is 0.867. The zero-order valence-corrected chi connectivity index (χ0v) is 17.3. The van der Waals surface area contributed by atoms with Crippen LogP contribution in [0.25, 0.3) is 0 Å². The van der Waals surface area contributed by atoms with Crippen molar-refractivity contribution in [3.05, 3.63) is 41.7 Å². The minimum atomic E-state index is -0.505. The summed E-state index contributed by atoms with van der Waals surface area (Å²) in [5.74, 6) is 1.36. The van der Waals surface area contributed by atoms with E-state index in [9.17, 15) is 9.59 Å². The van der Waals surface area contributed by atoms with Crippen molar-refractivity contribution in [2.75, 3.05) is 31.1 Å². The van der Waals surface area contributed by atoms with E-state index in [1.165, 1.54) is 0 Å². The van der Waals surface area contributed by atoms with E-state index < -0.39 is 5.60 Å². The third-order valence-corrected chi connectivity index (χ3v) is 4.72. The van der Waals surface area contributed by atoms with Gasteiger partial charge in [0, 0.05) is 31.7 Å². The molecule has 3 heterocycles. The average Bonchev–Trinajstić information content (AvgIpc) is 3.08. The molecule has 0 unspecified atom stereocenters. The molecule has 1 aromatic heterocycles. The van der Waals surface area contributed by atoms with Gasteiger partial charge in [0.05, 0.1) is 18.0 Å². The number of benzene rings is 1. The van der Waals surface area contributed by atoms with Gasteiger partial charge in [-0.25, -0.2) is 19.6 Å². The van der Waals surface area contributed by atoms with Gasteiger partial charge in [0.1, 0.15) is 18.0 Å². The lowest BCUT2D eigenvalue weighted by Crippen LogP contribution is -2.50. The van der Waals surface area contributed by atoms with Crippen LogP contribution in [0.3, 0.4) is 0 Å². The molecule has 0 bridgehead atoms. The molecule has 0 spiro atoms. The predicted molar refractivity (Wildman–Crippen MR) is 108 cm³/mol. The van der Waals surface area contributed by atoms with Gasteiger partial charge >= 0.3 is 12.1 Å². The van der Waals surface area contributed by atoms with E-state index in [0.717, 1.165) is 5.56 Å². The number of aromatic nitrogens is 2. The minimum absolute atomic E-state index is 0.260. The Morgan fingerprint density at radius 1 is 1.07 bits per heavy atom. The normalized spacial score (nSPS) is 16.2. The lowest BCUT2D eigenvalue weighted by Gasteiger charge is -2.35. The Bertz CT molecular complexity index is 947. The smallest absolute Gasteiger partial charge is 0.410 e. The first-order chi connectivity index (χ1) is 14.3. The van der Waals surface area contributed by atoms with Gasteiger partial charge in [0.25, 0.3) is 0 Å². The molecule has 2 aromatic rings. The highest BCUT2D eigenvalue weighted by Gasteiger charge is 2.27. The Balaban J connectivity index is 1.33. The number of fused-ring (bicyclic) bond motifs is 1. The van der Waals surface area contributed by atoms with E-state index in [4.69, 9.17) is 14.2 Å². The fraction of sp³-hybridized carbons (Fsp3) is 0.429. The van der Waals surface area contributed by atoms with Crippen LogP contribution in [0.2, 0.25) is 0 Å². The fourth-order valence-electron chi connectivity index (χ4n) is 3.25. The number of hydrogen-bond donors (Lipinski definition) is 0. The summed E-state index contributed by atoms with van der Waals surface area (Å²) in [6.45, 7) is 8.17. The van der Waals surface area contributed by atoms with Gasteiger partial charge in [0.2, 0.25) is 5.95 Å². The molecule has 0 atom stereocenters. The SMILES string of the molecule is CC(C)(C)OC(=O)N1CCN(c2ncc(Oc3ccc4c(c3)COC4=O)cn2)CC1. The number of piperazine rings is 1. The highest BCUT2D eigenvalue weighted by Crippen LogP contribution is 2.28. The van der Waals surface area contributed by atoms with Crippen LogP contribution in [0, 0.1) is 0 Å². The summed E-state index contributed by atoms with van der Waals surface area (Å²) in [6.07, 6.45) is 2.92. The van der Waals surface area contributed by atoms with Gasteiger partial charge in [-0.05, 0) is 39.0 Å². The van der Waals surface area contributed by atoms with Gasteiger partial charge in [0.15, 0.2) is 5.75 Å². The van der Waals surface area contributed by atoms with Crippen LogP contribution in [0.1, 0.15) is 36.7 Å². The number of anilines is 1. The van der Waals surface area contributed by atoms with Crippen molar-refractivity contribution in [1.82, 2.24) is 14.9 Å². The number of cyclic esters (lactones) is 1. The first-order valence-corrected chi connectivity index (χ1v) is 9.81. The van der Waals surface area contributed by atoms with Crippen LogP contribution in [-0.4, -0.2) is 58.7 Å². The van der Waals surface area contributed by atoms with E-state index in [1.54, 1.807) is 35.5 Å². The maximum Gasteiger partial charge on any atom is 0.410 e. The summed E-state index contributed by atoms with van der Waals surface area (Å²) in [4.78, 5) is 36.2. The van der Waals surface area contributed by atoms with Crippen LogP contribution in [0.5, 0.6) is 11.5 Å². The number of ether oxygens (including phenoxy) is 3. The van der Waals surface area contributed by atoms with Crippen molar-refractivity contribution in [2.24, 2.45) is 0 Å². The van der Waals surface area contributed by atoms with E-state index in [1.807, 2.05) is 25.7 Å². The summed E-state index contributed by atoms with van der Waals surface area (Å²) < 4.78 is 16.2. The highest BCUT2D eigenvalue weighted by molar-refractivity contribution is 5.93. The molecule has 158 valence electrons. The summed E-state index contributed by atoms with van der Waals surface area (Å²) in [5, 5.41) is 0. The second-order valence-electron chi connectivity index (χ2n) is 8.17. The molecule has 0 aliphatic carbocycles. The first-order valence-electron chi connectivity index (χ1n) is 9.81. The molecule has 9 nitrogen and oxygen atoms in total. The van der Waals surface area contributed by atoms with E-state index in [0.29, 0.717) is 49.2 Å². The van der Waals surface area contributed by atoms with Crippen molar-refractivity contribution in [3.8, 4) is 11.5 Å². The van der Waals surface area contributed by atoms with Crippen LogP contribution in [0.15, 0.2) is 30.6 Å². The minimum Gasteiger partial charge on any atom is -0.457 e. The Kier molecular flexibility index (Phi) is 5.19. The van der Waals surface area contributed by atoms with Crippen molar-refractivity contribution in [3.63, 3.8) is 0 Å². The number of carbonyl (C=O) groups excluding carboxylic acids is 2. The summed E-state index contributed by atoms with van der Waals surface area (Å²) >= 11 is 0. The molecule has 1 saturated heterocycles. The maximum absolute atomic E-state index is 12.2. The molecule has 1 fully saturated rings. The number of hydrogen-bond acceptors (Lipinski definition) is 8. The molecule has 2 aliphatic heterocycles. The Morgan fingerprint density at radius 2 is 1.77 bits per heavy atom. The average molecular weight is 412 g/mol. The number of nitrogens with zero attached hydrogens (tertiary/aromatic N) is 4. The zero-order valence-electron chi connectivity index (χ0n) is 17.3. The quantitative estimate of drug-likeness (QED) is 0.710. The predicted octanol–water partition coefficient (Wildman–Crippen LogP) is 3.00. The third kappa shape index (κ3) is 4.45. The highest BCUT2D eigenvalue weighted by atomic mass is 16.6. The number of esters is 1. The Labute approximate surface area is 174 Å². The van der Waals surface area contributed by atoms with Crippen molar-refractivity contribution >= 4 is 18.0 Å². The molecule has 0 saturated carbocycles. The first kappa shape index (κ1) is 19.9. The maximum atomic E-state index is 12.2. The second-order valence-corrected chi connectivity index (χ2v) is 8.17. The number of carbonyl (C=O) groups is 2. The van der Waals surface area contributed by atoms with E-state index >= 15 is 0 Å². The van der Waals surface area contributed by atoms with Crippen molar-refractivity contribution in [1.29, 1.82) is 0 Å². The van der Waals surface area contributed by atoms with Gasteiger partial charge in [-0.15, -0.1) is 0 Å². The largest absolute Gasteiger partial charge is 0.457 e.